The van der Waals surface area contributed by atoms with Gasteiger partial charge >= 0.3 is 0 Å². The molecule has 0 aromatic rings. The molecule has 0 aliphatic carbocycles. The summed E-state index contributed by atoms with van der Waals surface area (Å²) in [4.78, 5) is 0. The molecule has 0 amide bonds. The van der Waals surface area contributed by atoms with E-state index in [2.05, 4.69) is 42.3 Å². The molecule has 0 heterocycles. The van der Waals surface area contributed by atoms with Gasteiger partial charge in [-0.3, -0.25) is 0 Å². The molecule has 0 aliphatic heterocycles. The average molecular weight is 297 g/mol. The van der Waals surface area contributed by atoms with Crippen LogP contribution >= 0.6 is 39.5 Å². The Balaban J connectivity index is 4.40. The predicted molar refractivity (Wildman–Crippen MR) is 76.3 cm³/mol. The minimum Gasteiger partial charge on any atom is -0.122 e. The second-order valence-corrected chi connectivity index (χ2v) is 6.04. The van der Waals surface area contributed by atoms with E-state index in [1.807, 2.05) is 23.5 Å². The van der Waals surface area contributed by atoms with E-state index in [1.54, 1.807) is 0 Å². The number of unbranched alkanes of at least 4 members (excludes halogenated alkanes) is 1. The van der Waals surface area contributed by atoms with Gasteiger partial charge in [-0.2, -0.15) is 0 Å². The molecule has 14 heavy (non-hydrogen) atoms. The molecule has 0 aromatic heterocycles. The van der Waals surface area contributed by atoms with E-state index >= 15 is 0 Å². The lowest BCUT2D eigenvalue weighted by Gasteiger charge is -2.16. The smallest absolute Gasteiger partial charge is 0.0500 e. The van der Waals surface area contributed by atoms with Gasteiger partial charge < -0.3 is 0 Å². The van der Waals surface area contributed by atoms with Crippen LogP contribution in [0.4, 0.5) is 0 Å². The van der Waals surface area contributed by atoms with E-state index in [0.29, 0.717) is 0 Å². The normalized spacial score (nSPS) is 12.6. The zero-order valence-electron chi connectivity index (χ0n) is 9.60. The van der Waals surface area contributed by atoms with E-state index in [0.717, 1.165) is 5.92 Å². The fourth-order valence-corrected chi connectivity index (χ4v) is 4.32. The molecule has 0 fully saturated rings. The fourth-order valence-electron chi connectivity index (χ4n) is 1.41. The van der Waals surface area contributed by atoms with Crippen molar-refractivity contribution >= 4 is 39.5 Å². The maximum absolute atomic E-state index is 3.76. The standard InChI is InChI=1S/C11H21BrS2/c1-5-7-8-9(6-2)10(12)11(13-3)14-4/h9H,5-8H2,1-4H3. The van der Waals surface area contributed by atoms with Crippen molar-refractivity contribution in [3.8, 4) is 0 Å². The monoisotopic (exact) mass is 296 g/mol. The number of halogens is 1. The highest BCUT2D eigenvalue weighted by atomic mass is 79.9. The van der Waals surface area contributed by atoms with Gasteiger partial charge in [0.15, 0.2) is 0 Å². The SMILES string of the molecule is CCCCC(CC)C(Br)=C(SC)SC. The molecule has 0 bridgehead atoms. The number of thioether (sulfide) groups is 2. The first kappa shape index (κ1) is 14.9. The van der Waals surface area contributed by atoms with E-state index in [-0.39, 0.29) is 0 Å². The van der Waals surface area contributed by atoms with Crippen LogP contribution in [0.15, 0.2) is 8.72 Å². The van der Waals surface area contributed by atoms with E-state index < -0.39 is 0 Å². The predicted octanol–water partition coefficient (Wildman–Crippen LogP) is 5.49. The molecule has 1 unspecified atom stereocenters. The molecule has 0 spiro atoms. The second kappa shape index (κ2) is 9.17. The van der Waals surface area contributed by atoms with Gasteiger partial charge in [0, 0.05) is 8.72 Å². The average Bonchev–Trinajstić information content (AvgIpc) is 2.21. The number of hydrogen-bond donors (Lipinski definition) is 0. The van der Waals surface area contributed by atoms with Gasteiger partial charge in [0.2, 0.25) is 0 Å². The van der Waals surface area contributed by atoms with Crippen LogP contribution in [0.1, 0.15) is 39.5 Å². The third-order valence-electron chi connectivity index (χ3n) is 2.32. The van der Waals surface area contributed by atoms with Gasteiger partial charge in [0.25, 0.3) is 0 Å². The molecule has 0 aromatic carbocycles. The molecule has 3 heteroatoms. The molecule has 0 N–H and O–H groups in total. The second-order valence-electron chi connectivity index (χ2n) is 3.29. The number of rotatable bonds is 7. The Morgan fingerprint density at radius 2 is 1.79 bits per heavy atom. The van der Waals surface area contributed by atoms with E-state index in [4.69, 9.17) is 0 Å². The maximum Gasteiger partial charge on any atom is 0.0500 e. The summed E-state index contributed by atoms with van der Waals surface area (Å²) in [7, 11) is 0. The van der Waals surface area contributed by atoms with Gasteiger partial charge in [0.1, 0.15) is 0 Å². The lowest BCUT2D eigenvalue weighted by Crippen LogP contribution is -1.99. The summed E-state index contributed by atoms with van der Waals surface area (Å²) >= 11 is 7.46. The molecule has 1 atom stereocenters. The molecule has 0 saturated carbocycles. The zero-order chi connectivity index (χ0) is 11.0. The summed E-state index contributed by atoms with van der Waals surface area (Å²) in [6.45, 7) is 4.54. The van der Waals surface area contributed by atoms with Crippen molar-refractivity contribution in [2.75, 3.05) is 12.5 Å². The van der Waals surface area contributed by atoms with Gasteiger partial charge in [0.05, 0.1) is 0 Å². The highest BCUT2D eigenvalue weighted by molar-refractivity contribution is 9.12. The summed E-state index contributed by atoms with van der Waals surface area (Å²) in [5.74, 6) is 0.727. The zero-order valence-corrected chi connectivity index (χ0v) is 12.8. The van der Waals surface area contributed by atoms with Crippen LogP contribution in [-0.4, -0.2) is 12.5 Å². The quantitative estimate of drug-likeness (QED) is 0.609. The molecule has 0 radical (unpaired) electrons. The van der Waals surface area contributed by atoms with Crippen molar-refractivity contribution in [1.29, 1.82) is 0 Å². The lowest BCUT2D eigenvalue weighted by atomic mass is 10.00. The molecular weight excluding hydrogens is 276 g/mol. The highest BCUT2D eigenvalue weighted by Gasteiger charge is 2.13. The first-order valence-electron chi connectivity index (χ1n) is 5.18. The Kier molecular flexibility index (Phi) is 9.77. The summed E-state index contributed by atoms with van der Waals surface area (Å²) in [6.07, 6.45) is 9.50. The van der Waals surface area contributed by atoms with Crippen molar-refractivity contribution < 1.29 is 0 Å². The summed E-state index contributed by atoms with van der Waals surface area (Å²) in [5.41, 5.74) is 0. The highest BCUT2D eigenvalue weighted by Crippen LogP contribution is 2.37. The Bertz CT molecular complexity index is 172. The summed E-state index contributed by atoms with van der Waals surface area (Å²) in [6, 6.07) is 0. The van der Waals surface area contributed by atoms with Gasteiger partial charge in [-0.05, 0) is 31.3 Å². The minimum atomic E-state index is 0.727. The molecular formula is C11H21BrS2. The van der Waals surface area contributed by atoms with E-state index in [9.17, 15) is 0 Å². The van der Waals surface area contributed by atoms with Crippen LogP contribution in [-0.2, 0) is 0 Å². The topological polar surface area (TPSA) is 0 Å². The molecule has 0 saturated heterocycles. The van der Waals surface area contributed by atoms with Crippen molar-refractivity contribution in [1.82, 2.24) is 0 Å². The number of hydrogen-bond acceptors (Lipinski definition) is 2. The minimum absolute atomic E-state index is 0.727. The summed E-state index contributed by atoms with van der Waals surface area (Å²) in [5, 5.41) is 0. The van der Waals surface area contributed by atoms with Crippen molar-refractivity contribution in [2.45, 2.75) is 39.5 Å². The van der Waals surface area contributed by atoms with Crippen LogP contribution in [0.5, 0.6) is 0 Å². The van der Waals surface area contributed by atoms with Crippen molar-refractivity contribution in [3.63, 3.8) is 0 Å². The first-order valence-corrected chi connectivity index (χ1v) is 8.43. The van der Waals surface area contributed by atoms with Gasteiger partial charge in [-0.15, -0.1) is 23.5 Å². The van der Waals surface area contributed by atoms with Crippen molar-refractivity contribution in [2.24, 2.45) is 5.92 Å². The Labute approximate surface area is 106 Å². The fraction of sp³-hybridized carbons (Fsp3) is 0.818. The van der Waals surface area contributed by atoms with Crippen LogP contribution < -0.4 is 0 Å². The first-order chi connectivity index (χ1) is 6.71. The van der Waals surface area contributed by atoms with Crippen LogP contribution in [0.3, 0.4) is 0 Å². The molecule has 0 aliphatic rings. The molecule has 0 rings (SSSR count). The third-order valence-corrected chi connectivity index (χ3v) is 6.07. The van der Waals surface area contributed by atoms with E-state index in [1.165, 1.54) is 34.4 Å². The van der Waals surface area contributed by atoms with Gasteiger partial charge in [-0.1, -0.05) is 42.6 Å². The van der Waals surface area contributed by atoms with Crippen LogP contribution in [0, 0.1) is 5.92 Å². The maximum atomic E-state index is 3.76. The van der Waals surface area contributed by atoms with Crippen LogP contribution in [0.2, 0.25) is 0 Å². The number of allylic oxidation sites excluding steroid dienone is 1. The summed E-state index contributed by atoms with van der Waals surface area (Å²) < 4.78 is 2.86. The largest absolute Gasteiger partial charge is 0.122 e. The molecule has 84 valence electrons. The third kappa shape index (κ3) is 5.13. The Morgan fingerprint density at radius 1 is 1.21 bits per heavy atom. The Hall–Kier alpha value is 0.920. The van der Waals surface area contributed by atoms with Crippen molar-refractivity contribution in [3.05, 3.63) is 8.72 Å². The van der Waals surface area contributed by atoms with Crippen LogP contribution in [0.25, 0.3) is 0 Å². The Morgan fingerprint density at radius 3 is 2.14 bits per heavy atom. The molecule has 0 nitrogen and oxygen atoms in total. The lowest BCUT2D eigenvalue weighted by molar-refractivity contribution is 0.535. The van der Waals surface area contributed by atoms with Gasteiger partial charge in [-0.25, -0.2) is 0 Å².